The monoisotopic (exact) mass is 424 g/mol. The Balaban J connectivity index is 2.15. The molecule has 0 radical (unpaired) electrons. The highest BCUT2D eigenvalue weighted by Crippen LogP contribution is 2.52. The summed E-state index contributed by atoms with van der Waals surface area (Å²) in [7, 11) is 0. The van der Waals surface area contributed by atoms with Crippen LogP contribution in [0.1, 0.15) is 43.1 Å². The minimum atomic E-state index is 0.0672. The molecule has 5 heteroatoms. The van der Waals surface area contributed by atoms with Crippen molar-refractivity contribution in [2.75, 3.05) is 13.1 Å². The van der Waals surface area contributed by atoms with E-state index in [1.54, 1.807) is 18.7 Å². The van der Waals surface area contributed by atoms with Crippen LogP contribution in [0.3, 0.4) is 0 Å². The third kappa shape index (κ3) is 4.90. The van der Waals surface area contributed by atoms with E-state index in [9.17, 15) is 4.79 Å². The van der Waals surface area contributed by atoms with Gasteiger partial charge in [0.2, 0.25) is 5.91 Å². The summed E-state index contributed by atoms with van der Waals surface area (Å²) in [4.78, 5) is 15.1. The first-order valence-corrected chi connectivity index (χ1v) is 11.4. The lowest BCUT2D eigenvalue weighted by molar-refractivity contribution is -0.126. The summed E-state index contributed by atoms with van der Waals surface area (Å²) < 4.78 is 0. The predicted molar refractivity (Wildman–Crippen MR) is 127 cm³/mol. The van der Waals surface area contributed by atoms with Crippen LogP contribution in [0.5, 0.6) is 0 Å². The van der Waals surface area contributed by atoms with Gasteiger partial charge in [0.15, 0.2) is 0 Å². The first-order valence-electron chi connectivity index (χ1n) is 10.1. The predicted octanol–water partition coefficient (Wildman–Crippen LogP) is 5.52. The number of carbonyl (C=O) groups is 1. The standard InChI is InChI=1S/C24H28N2OS2/c1-4-25-24(28)22-20(18-12-8-6-9-13-18)16-21(26(5-2)17(3)27)29-23(22)19-14-10-7-11-15-19/h6-16,20,22-23H,4-5H2,1-3H3,(H,25,28)/t20-,22+,23-/m0/s1. The average molecular weight is 425 g/mol. The molecule has 2 aromatic rings. The maximum Gasteiger partial charge on any atom is 0.224 e. The van der Waals surface area contributed by atoms with Crippen molar-refractivity contribution in [2.45, 2.75) is 31.9 Å². The van der Waals surface area contributed by atoms with E-state index >= 15 is 0 Å². The Morgan fingerprint density at radius 3 is 2.14 bits per heavy atom. The molecule has 3 rings (SSSR count). The van der Waals surface area contributed by atoms with Crippen LogP contribution in [0.15, 0.2) is 71.8 Å². The Morgan fingerprint density at radius 2 is 1.62 bits per heavy atom. The Labute approximate surface area is 183 Å². The normalized spacial score (nSPS) is 21.2. The van der Waals surface area contributed by atoms with E-state index in [4.69, 9.17) is 12.2 Å². The Hall–Kier alpha value is -2.11. The fraction of sp³-hybridized carbons (Fsp3) is 0.333. The fourth-order valence-electron chi connectivity index (χ4n) is 3.87. The fourth-order valence-corrected chi connectivity index (χ4v) is 5.99. The second-order valence-corrected chi connectivity index (χ2v) is 8.68. The number of thiocarbonyl (C=S) groups is 1. The molecule has 0 fully saturated rings. The van der Waals surface area contributed by atoms with E-state index in [1.807, 2.05) is 24.0 Å². The zero-order valence-electron chi connectivity index (χ0n) is 17.2. The van der Waals surface area contributed by atoms with Gasteiger partial charge in [-0.15, -0.1) is 0 Å². The number of rotatable bonds is 6. The number of allylic oxidation sites excluding steroid dienone is 1. The van der Waals surface area contributed by atoms with E-state index in [0.29, 0.717) is 6.54 Å². The summed E-state index contributed by atoms with van der Waals surface area (Å²) in [6.07, 6.45) is 2.23. The molecule has 0 aliphatic carbocycles. The van der Waals surface area contributed by atoms with E-state index in [2.05, 4.69) is 66.8 Å². The van der Waals surface area contributed by atoms with Crippen molar-refractivity contribution < 1.29 is 4.79 Å². The third-order valence-electron chi connectivity index (χ3n) is 5.21. The number of carbonyl (C=O) groups excluding carboxylic acids is 1. The summed E-state index contributed by atoms with van der Waals surface area (Å²) in [5, 5.41) is 4.54. The summed E-state index contributed by atoms with van der Waals surface area (Å²) in [6, 6.07) is 21.0. The van der Waals surface area contributed by atoms with Crippen molar-refractivity contribution >= 4 is 34.9 Å². The number of thioether (sulfide) groups is 1. The van der Waals surface area contributed by atoms with Crippen LogP contribution in [0, 0.1) is 5.92 Å². The van der Waals surface area contributed by atoms with Crippen LogP contribution < -0.4 is 5.32 Å². The van der Waals surface area contributed by atoms with Crippen LogP contribution in [-0.4, -0.2) is 28.9 Å². The zero-order chi connectivity index (χ0) is 20.8. The molecule has 3 atom stereocenters. The highest BCUT2D eigenvalue weighted by atomic mass is 32.2. The van der Waals surface area contributed by atoms with Crippen molar-refractivity contribution in [1.29, 1.82) is 0 Å². The molecule has 1 heterocycles. The van der Waals surface area contributed by atoms with Gasteiger partial charge in [-0.3, -0.25) is 4.79 Å². The van der Waals surface area contributed by atoms with Gasteiger partial charge in [0.25, 0.3) is 0 Å². The van der Waals surface area contributed by atoms with Gasteiger partial charge in [0, 0.05) is 37.1 Å². The van der Waals surface area contributed by atoms with Gasteiger partial charge in [-0.2, -0.15) is 0 Å². The molecule has 0 spiro atoms. The van der Waals surface area contributed by atoms with Crippen LogP contribution in [0.25, 0.3) is 0 Å². The van der Waals surface area contributed by atoms with Gasteiger partial charge in [0.1, 0.15) is 0 Å². The number of nitrogens with one attached hydrogen (secondary N) is 1. The zero-order valence-corrected chi connectivity index (χ0v) is 18.8. The average Bonchev–Trinajstić information content (AvgIpc) is 2.75. The number of hydrogen-bond donors (Lipinski definition) is 1. The van der Waals surface area contributed by atoms with Crippen LogP contribution in [-0.2, 0) is 4.79 Å². The van der Waals surface area contributed by atoms with Crippen LogP contribution in [0.4, 0.5) is 0 Å². The SMILES string of the molecule is CCNC(=S)[C@@H]1[C@H](c2ccccc2)C=C(N(CC)C(C)=O)S[C@H]1c1ccccc1. The molecular weight excluding hydrogens is 396 g/mol. The lowest BCUT2D eigenvalue weighted by Gasteiger charge is -2.40. The Morgan fingerprint density at radius 1 is 1.03 bits per heavy atom. The van der Waals surface area contributed by atoms with E-state index in [-0.39, 0.29) is 23.0 Å². The summed E-state index contributed by atoms with van der Waals surface area (Å²) in [5.41, 5.74) is 2.45. The van der Waals surface area contributed by atoms with Crippen LogP contribution in [0.2, 0.25) is 0 Å². The molecule has 0 unspecified atom stereocenters. The lowest BCUT2D eigenvalue weighted by Crippen LogP contribution is -2.38. The number of benzene rings is 2. The van der Waals surface area contributed by atoms with Crippen molar-refractivity contribution in [3.8, 4) is 0 Å². The molecule has 0 bridgehead atoms. The summed E-state index contributed by atoms with van der Waals surface area (Å²) in [5.74, 6) is 0.268. The highest BCUT2D eigenvalue weighted by Gasteiger charge is 2.39. The van der Waals surface area contributed by atoms with Crippen molar-refractivity contribution in [3.63, 3.8) is 0 Å². The molecule has 1 amide bonds. The quantitative estimate of drug-likeness (QED) is 0.619. The van der Waals surface area contributed by atoms with Gasteiger partial charge in [-0.1, -0.05) is 84.6 Å². The van der Waals surface area contributed by atoms with Crippen molar-refractivity contribution in [3.05, 3.63) is 82.9 Å². The molecule has 0 saturated heterocycles. The van der Waals surface area contributed by atoms with Gasteiger partial charge in [-0.05, 0) is 31.1 Å². The molecule has 152 valence electrons. The van der Waals surface area contributed by atoms with Gasteiger partial charge >= 0.3 is 0 Å². The van der Waals surface area contributed by atoms with Gasteiger partial charge in [-0.25, -0.2) is 0 Å². The largest absolute Gasteiger partial charge is 0.380 e. The number of amides is 1. The number of hydrogen-bond acceptors (Lipinski definition) is 3. The molecule has 1 aliphatic heterocycles. The smallest absolute Gasteiger partial charge is 0.224 e. The molecule has 0 saturated carbocycles. The van der Waals surface area contributed by atoms with Gasteiger partial charge < -0.3 is 10.2 Å². The van der Waals surface area contributed by atoms with E-state index in [0.717, 1.165) is 16.6 Å². The topological polar surface area (TPSA) is 32.3 Å². The first kappa shape index (κ1) is 21.6. The molecule has 1 aliphatic rings. The van der Waals surface area contributed by atoms with Gasteiger partial charge in [0.05, 0.1) is 10.0 Å². The molecule has 29 heavy (non-hydrogen) atoms. The van der Waals surface area contributed by atoms with Crippen molar-refractivity contribution in [2.24, 2.45) is 5.92 Å². The maximum absolute atomic E-state index is 12.3. The minimum Gasteiger partial charge on any atom is -0.380 e. The first-order chi connectivity index (χ1) is 14.1. The summed E-state index contributed by atoms with van der Waals surface area (Å²) >= 11 is 7.62. The minimum absolute atomic E-state index is 0.0672. The number of nitrogens with zero attached hydrogens (tertiary/aromatic N) is 1. The van der Waals surface area contributed by atoms with E-state index in [1.165, 1.54) is 11.1 Å². The molecule has 3 nitrogen and oxygen atoms in total. The molecule has 0 aromatic heterocycles. The summed E-state index contributed by atoms with van der Waals surface area (Å²) in [6.45, 7) is 7.18. The Bertz CT molecular complexity index is 867. The van der Waals surface area contributed by atoms with E-state index < -0.39 is 0 Å². The Kier molecular flexibility index (Phi) is 7.51. The third-order valence-corrected chi connectivity index (χ3v) is 7.05. The molecular formula is C24H28N2OS2. The lowest BCUT2D eigenvalue weighted by atomic mass is 9.81. The highest BCUT2D eigenvalue weighted by molar-refractivity contribution is 8.03. The second kappa shape index (κ2) is 10.1. The van der Waals surface area contributed by atoms with Crippen molar-refractivity contribution in [1.82, 2.24) is 10.2 Å². The molecule has 2 aromatic carbocycles. The van der Waals surface area contributed by atoms with Crippen LogP contribution >= 0.6 is 24.0 Å². The molecule has 1 N–H and O–H groups in total. The maximum atomic E-state index is 12.3. The second-order valence-electron chi connectivity index (χ2n) is 7.07.